The van der Waals surface area contributed by atoms with Crippen LogP contribution in [0, 0.1) is 0 Å². The molecule has 4 saturated heterocycles. The normalized spacial score (nSPS) is 33.0. The summed E-state index contributed by atoms with van der Waals surface area (Å²) in [4.78, 5) is 66.6. The van der Waals surface area contributed by atoms with Crippen LogP contribution >= 0.6 is 0 Å². The first-order valence-electron chi connectivity index (χ1n) is 26.1. The van der Waals surface area contributed by atoms with E-state index < -0.39 is 179 Å². The van der Waals surface area contributed by atoms with Crippen molar-refractivity contribution < 1.29 is 146 Å². The largest absolute Gasteiger partial charge is 0.508 e. The maximum Gasteiger partial charge on any atom is 0.338 e. The third-order valence-corrected chi connectivity index (χ3v) is 13.7. The van der Waals surface area contributed by atoms with Gasteiger partial charge < -0.3 is 122 Å². The van der Waals surface area contributed by atoms with Crippen molar-refractivity contribution in [3.63, 3.8) is 0 Å². The summed E-state index contributed by atoms with van der Waals surface area (Å²) in [6.07, 6.45) is -34.0. The van der Waals surface area contributed by atoms with Crippen LogP contribution in [0.1, 0.15) is 35.3 Å². The molecule has 0 radical (unpaired) electrons. The molecule has 19 atom stereocenters. The van der Waals surface area contributed by atoms with E-state index >= 15 is 0 Å². The molecule has 0 unspecified atom stereocenters. The smallest absolute Gasteiger partial charge is 0.338 e. The van der Waals surface area contributed by atoms with Gasteiger partial charge in [0.15, 0.2) is 42.6 Å². The highest BCUT2D eigenvalue weighted by atomic mass is 16.8. The topological polar surface area (TPSA) is 437 Å². The minimum absolute atomic E-state index is 0.00410. The molecular formula is C55H66O30. The Hall–Kier alpha value is -6.95. The van der Waals surface area contributed by atoms with E-state index in [1.165, 1.54) is 87.0 Å². The van der Waals surface area contributed by atoms with Gasteiger partial charge in [-0.15, -0.1) is 0 Å². The molecule has 3 aromatic rings. The third kappa shape index (κ3) is 15.9. The number of aromatic hydroxyl groups is 2. The summed E-state index contributed by atoms with van der Waals surface area (Å²) in [5.74, 6) is -8.80. The molecule has 466 valence electrons. The van der Waals surface area contributed by atoms with E-state index in [1.807, 2.05) is 0 Å². The van der Waals surface area contributed by atoms with Gasteiger partial charge in [0.2, 0.25) is 5.79 Å². The number of esters is 5. The number of carbonyl (C=O) groups excluding carboxylic acids is 5. The Morgan fingerprint density at radius 2 is 1.15 bits per heavy atom. The summed E-state index contributed by atoms with van der Waals surface area (Å²) in [6.45, 7) is -3.11. The number of hydrogen-bond acceptors (Lipinski definition) is 30. The lowest BCUT2D eigenvalue weighted by molar-refractivity contribution is -0.421. The van der Waals surface area contributed by atoms with Gasteiger partial charge in [-0.05, 0) is 54.1 Å². The first kappa shape index (κ1) is 65.6. The van der Waals surface area contributed by atoms with Crippen LogP contribution in [0.2, 0.25) is 0 Å². The number of hydrogen-bond donors (Lipinski definition) is 11. The molecule has 30 heteroatoms. The molecule has 30 nitrogen and oxygen atoms in total. The van der Waals surface area contributed by atoms with Crippen LogP contribution in [0.5, 0.6) is 23.0 Å². The highest BCUT2D eigenvalue weighted by molar-refractivity contribution is 5.90. The number of aliphatic hydroxyl groups excluding tert-OH is 9. The standard InChI is InChI=1S/C55H66O30/c1-25(58)74-22-36-41(65)44(68)46(70)53(78-36)81-48-47(80-39(63)16-11-27-10-15-31(61)33(18-27)73-4)37(23-75-26(2)59)79-54(49(48)82-52-45(69)43(67)40(64)34(20-56)77-52)85-55(24-76-38(62)17-13-28-12-14-30(60)19-32(28)72-3)50(42(66)35(21-57)84-55)83-51(71)29-8-6-5-7-9-29/h5-19,34-37,40-50,52-54,56-57,60-61,64-70H,20-24H2,1-4H3/b16-11+,17-13+/t34-,35-,36-,37-,40-,41-,42-,43+,44+,45-,46-,47-,48+,49-,50+,52+,53+,54-,55+/m1/s1. The van der Waals surface area contributed by atoms with Gasteiger partial charge in [-0.3, -0.25) is 9.59 Å². The Balaban J connectivity index is 1.40. The van der Waals surface area contributed by atoms with Crippen molar-refractivity contribution in [3.8, 4) is 23.0 Å². The number of ether oxygens (including phenoxy) is 14. The second-order valence-corrected chi connectivity index (χ2v) is 19.5. The first-order chi connectivity index (χ1) is 40.5. The number of aliphatic hydroxyl groups is 9. The summed E-state index contributed by atoms with van der Waals surface area (Å²) < 4.78 is 81.9. The van der Waals surface area contributed by atoms with Gasteiger partial charge in [0, 0.05) is 37.6 Å². The summed E-state index contributed by atoms with van der Waals surface area (Å²) in [5.41, 5.74) is 0.375. The van der Waals surface area contributed by atoms with Gasteiger partial charge in [-0.1, -0.05) is 24.3 Å². The molecule has 4 fully saturated rings. The lowest BCUT2D eigenvalue weighted by Crippen LogP contribution is -2.69. The molecule has 0 saturated carbocycles. The van der Waals surface area contributed by atoms with Gasteiger partial charge in [0.1, 0.15) is 111 Å². The van der Waals surface area contributed by atoms with E-state index in [4.69, 9.17) is 66.3 Å². The molecule has 0 bridgehead atoms. The van der Waals surface area contributed by atoms with E-state index in [0.717, 1.165) is 26.0 Å². The quantitative estimate of drug-likeness (QED) is 0.0260. The fourth-order valence-electron chi connectivity index (χ4n) is 9.31. The average molecular weight is 1210 g/mol. The predicted octanol–water partition coefficient (Wildman–Crippen LogP) is -2.78. The Morgan fingerprint density at radius 3 is 1.78 bits per heavy atom. The zero-order chi connectivity index (χ0) is 61.9. The molecule has 0 aromatic heterocycles. The number of rotatable bonds is 23. The molecule has 11 N–H and O–H groups in total. The van der Waals surface area contributed by atoms with Crippen LogP contribution in [0.15, 0.2) is 78.9 Å². The summed E-state index contributed by atoms with van der Waals surface area (Å²) in [6, 6.07) is 15.0. The second kappa shape index (κ2) is 29.4. The van der Waals surface area contributed by atoms with Gasteiger partial charge in [-0.2, -0.15) is 0 Å². The van der Waals surface area contributed by atoms with E-state index in [2.05, 4.69) is 0 Å². The van der Waals surface area contributed by atoms with Gasteiger partial charge in [0.05, 0.1) is 33.0 Å². The first-order valence-corrected chi connectivity index (χ1v) is 26.1. The van der Waals surface area contributed by atoms with E-state index in [-0.39, 0.29) is 39.7 Å². The van der Waals surface area contributed by atoms with E-state index in [0.29, 0.717) is 0 Å². The van der Waals surface area contributed by atoms with Crippen LogP contribution in [0.3, 0.4) is 0 Å². The van der Waals surface area contributed by atoms with E-state index in [1.54, 1.807) is 6.07 Å². The number of phenolic OH excluding ortho intramolecular Hbond substituents is 2. The predicted molar refractivity (Wildman–Crippen MR) is 278 cm³/mol. The van der Waals surface area contributed by atoms with Gasteiger partial charge in [-0.25, -0.2) is 14.4 Å². The van der Waals surface area contributed by atoms with Crippen molar-refractivity contribution in [2.45, 2.75) is 130 Å². The SMILES string of the molecule is COc1cc(/C=C/C(=O)O[C@H]2[C@H](O[C@@H]3O[C@H](COC(C)=O)[C@@H](O)[C@H](O)[C@H]3O)[C@@H](O[C@@H]3O[C@H](CO)[C@@H](O)[C@H](O)[C@H]3O)[C@@H](O[C@]3(COC(=O)/C=C/c4ccc(O)cc4OC)O[C@H](CO)[C@@H](O)[C@@H]3OC(=O)c3ccccc3)O[C@@H]2COC(C)=O)ccc1O. The lowest BCUT2D eigenvalue weighted by atomic mass is 9.95. The highest BCUT2D eigenvalue weighted by Crippen LogP contribution is 2.42. The van der Waals surface area contributed by atoms with Gasteiger partial charge in [0.25, 0.3) is 0 Å². The molecule has 0 spiro atoms. The maximum atomic E-state index is 14.2. The van der Waals surface area contributed by atoms with Crippen molar-refractivity contribution in [1.29, 1.82) is 0 Å². The molecular weight excluding hydrogens is 1140 g/mol. The molecule has 3 aromatic carbocycles. The number of benzene rings is 3. The molecule has 85 heavy (non-hydrogen) atoms. The van der Waals surface area contributed by atoms with Crippen LogP contribution in [-0.2, 0) is 76.0 Å². The van der Waals surface area contributed by atoms with Crippen LogP contribution < -0.4 is 9.47 Å². The summed E-state index contributed by atoms with van der Waals surface area (Å²) in [7, 11) is 2.56. The molecule has 4 aliphatic rings. The van der Waals surface area contributed by atoms with E-state index in [9.17, 15) is 80.1 Å². The van der Waals surface area contributed by atoms with Crippen molar-refractivity contribution >= 4 is 42.0 Å². The monoisotopic (exact) mass is 1210 g/mol. The molecule has 4 aliphatic heterocycles. The van der Waals surface area contributed by atoms with Crippen molar-refractivity contribution in [3.05, 3.63) is 95.6 Å². The Morgan fingerprint density at radius 1 is 0.565 bits per heavy atom. The lowest BCUT2D eigenvalue weighted by Gasteiger charge is -2.50. The average Bonchev–Trinajstić information content (AvgIpc) is 1.92. The molecule has 0 amide bonds. The van der Waals surface area contributed by atoms with Crippen molar-refractivity contribution in [2.24, 2.45) is 0 Å². The second-order valence-electron chi connectivity index (χ2n) is 19.5. The highest BCUT2D eigenvalue weighted by Gasteiger charge is 2.64. The van der Waals surface area contributed by atoms with Crippen molar-refractivity contribution in [1.82, 2.24) is 0 Å². The minimum Gasteiger partial charge on any atom is -0.508 e. The third-order valence-electron chi connectivity index (χ3n) is 13.7. The Bertz CT molecular complexity index is 2810. The number of methoxy groups -OCH3 is 2. The van der Waals surface area contributed by atoms with Crippen LogP contribution in [0.4, 0.5) is 0 Å². The zero-order valence-electron chi connectivity index (χ0n) is 45.8. The fraction of sp³-hybridized carbons (Fsp3) is 0.509. The van der Waals surface area contributed by atoms with Gasteiger partial charge >= 0.3 is 29.8 Å². The molecule has 0 aliphatic carbocycles. The number of carbonyl (C=O) groups is 5. The Kier molecular flexibility index (Phi) is 22.7. The fourth-order valence-corrected chi connectivity index (χ4v) is 9.31. The summed E-state index contributed by atoms with van der Waals surface area (Å²) >= 11 is 0. The van der Waals surface area contributed by atoms with Crippen LogP contribution in [0.25, 0.3) is 12.2 Å². The number of phenols is 2. The zero-order valence-corrected chi connectivity index (χ0v) is 45.8. The van der Waals surface area contributed by atoms with Crippen LogP contribution in [-0.4, -0.2) is 249 Å². The summed E-state index contributed by atoms with van der Waals surface area (Å²) in [5, 5.41) is 120. The minimum atomic E-state index is -2.96. The maximum absolute atomic E-state index is 14.2. The molecule has 7 rings (SSSR count). The van der Waals surface area contributed by atoms with Crippen molar-refractivity contribution in [2.75, 3.05) is 47.3 Å². The Labute approximate surface area is 483 Å². The molecule has 4 heterocycles.